The second-order valence-electron chi connectivity index (χ2n) is 5.78. The van der Waals surface area contributed by atoms with Gasteiger partial charge in [-0.1, -0.05) is 11.8 Å². The maximum atomic E-state index is 9.91. The molecule has 0 bridgehead atoms. The topological polar surface area (TPSA) is 46.9 Å². The first kappa shape index (κ1) is 16.5. The lowest BCUT2D eigenvalue weighted by atomic mass is 10.2. The highest BCUT2D eigenvalue weighted by molar-refractivity contribution is 7.12. The normalized spacial score (nSPS) is 22.5. The fourth-order valence-electron chi connectivity index (χ4n) is 2.70. The standard InChI is InChI=1S/C16H24N2O2S/c1-17(2)10-13-9-14(20)11-18(13)12-16-7-6-15(21-16)5-3-4-8-19/h6-7,13-14,19-20H,4,8-12H2,1-2H3. The van der Waals surface area contributed by atoms with Crippen molar-refractivity contribution in [2.24, 2.45) is 0 Å². The summed E-state index contributed by atoms with van der Waals surface area (Å²) < 4.78 is 0. The zero-order chi connectivity index (χ0) is 15.2. The summed E-state index contributed by atoms with van der Waals surface area (Å²) in [5.41, 5.74) is 0. The third-order valence-electron chi connectivity index (χ3n) is 3.55. The quantitative estimate of drug-likeness (QED) is 0.796. The maximum absolute atomic E-state index is 9.91. The monoisotopic (exact) mass is 308 g/mol. The molecule has 5 heteroatoms. The summed E-state index contributed by atoms with van der Waals surface area (Å²) in [4.78, 5) is 6.86. The van der Waals surface area contributed by atoms with Crippen LogP contribution in [-0.4, -0.2) is 66.0 Å². The summed E-state index contributed by atoms with van der Waals surface area (Å²) in [6.07, 6.45) is 1.17. The minimum Gasteiger partial charge on any atom is -0.395 e. The average Bonchev–Trinajstić information content (AvgIpc) is 2.97. The second kappa shape index (κ2) is 7.92. The molecule has 1 aromatic rings. The highest BCUT2D eigenvalue weighted by Crippen LogP contribution is 2.24. The van der Waals surface area contributed by atoms with Crippen LogP contribution in [0.3, 0.4) is 0 Å². The van der Waals surface area contributed by atoms with E-state index in [9.17, 15) is 5.11 Å². The number of aliphatic hydroxyl groups is 2. The van der Waals surface area contributed by atoms with Crippen LogP contribution < -0.4 is 0 Å². The summed E-state index contributed by atoms with van der Waals surface area (Å²) in [6.45, 7) is 2.72. The number of hydrogen-bond acceptors (Lipinski definition) is 5. The van der Waals surface area contributed by atoms with Gasteiger partial charge in [-0.05, 0) is 32.6 Å². The number of aliphatic hydroxyl groups excluding tert-OH is 2. The first-order valence-electron chi connectivity index (χ1n) is 7.33. The van der Waals surface area contributed by atoms with Gasteiger partial charge in [0.05, 0.1) is 17.6 Å². The SMILES string of the molecule is CN(C)CC1CC(O)CN1Cc1ccc(C#CCCO)s1. The van der Waals surface area contributed by atoms with Gasteiger partial charge in [-0.25, -0.2) is 0 Å². The smallest absolute Gasteiger partial charge is 0.0771 e. The Hall–Kier alpha value is -0.900. The van der Waals surface area contributed by atoms with E-state index in [1.165, 1.54) is 4.88 Å². The molecule has 116 valence electrons. The van der Waals surface area contributed by atoms with Gasteiger partial charge >= 0.3 is 0 Å². The summed E-state index contributed by atoms with van der Waals surface area (Å²) in [5.74, 6) is 6.03. The molecule has 2 atom stereocenters. The molecule has 0 radical (unpaired) electrons. The third-order valence-corrected chi connectivity index (χ3v) is 4.54. The van der Waals surface area contributed by atoms with Crippen molar-refractivity contribution < 1.29 is 10.2 Å². The molecular weight excluding hydrogens is 284 g/mol. The number of nitrogens with zero attached hydrogens (tertiary/aromatic N) is 2. The van der Waals surface area contributed by atoms with E-state index in [1.54, 1.807) is 11.3 Å². The second-order valence-corrected chi connectivity index (χ2v) is 6.94. The first-order valence-corrected chi connectivity index (χ1v) is 8.15. The van der Waals surface area contributed by atoms with Gasteiger partial charge in [0, 0.05) is 37.0 Å². The Bertz CT molecular complexity index is 504. The van der Waals surface area contributed by atoms with Crippen LogP contribution in [0.2, 0.25) is 0 Å². The third kappa shape index (κ3) is 5.10. The van der Waals surface area contributed by atoms with Crippen molar-refractivity contribution in [1.82, 2.24) is 9.80 Å². The Labute approximate surface area is 131 Å². The fourth-order valence-corrected chi connectivity index (χ4v) is 3.61. The van der Waals surface area contributed by atoms with Gasteiger partial charge in [0.2, 0.25) is 0 Å². The van der Waals surface area contributed by atoms with Crippen LogP contribution in [0, 0.1) is 11.8 Å². The van der Waals surface area contributed by atoms with Gasteiger partial charge < -0.3 is 15.1 Å². The van der Waals surface area contributed by atoms with E-state index in [4.69, 9.17) is 5.11 Å². The molecule has 0 aliphatic carbocycles. The number of thiophene rings is 1. The largest absolute Gasteiger partial charge is 0.395 e. The molecule has 21 heavy (non-hydrogen) atoms. The first-order chi connectivity index (χ1) is 10.1. The van der Waals surface area contributed by atoms with Crippen molar-refractivity contribution in [1.29, 1.82) is 0 Å². The molecule has 0 saturated carbocycles. The Kier molecular flexibility index (Phi) is 6.22. The van der Waals surface area contributed by atoms with E-state index in [0.717, 1.165) is 30.9 Å². The fraction of sp³-hybridized carbons (Fsp3) is 0.625. The molecule has 1 aromatic heterocycles. The van der Waals surface area contributed by atoms with Crippen molar-refractivity contribution in [3.63, 3.8) is 0 Å². The molecule has 4 nitrogen and oxygen atoms in total. The summed E-state index contributed by atoms with van der Waals surface area (Å²) in [7, 11) is 4.14. The summed E-state index contributed by atoms with van der Waals surface area (Å²) in [6, 6.07) is 4.57. The molecule has 1 aliphatic rings. The molecule has 2 N–H and O–H groups in total. The lowest BCUT2D eigenvalue weighted by Crippen LogP contribution is -2.36. The number of hydrogen-bond donors (Lipinski definition) is 2. The molecule has 0 amide bonds. The predicted octanol–water partition coefficient (Wildman–Crippen LogP) is 0.979. The zero-order valence-electron chi connectivity index (χ0n) is 12.7. The van der Waals surface area contributed by atoms with Crippen molar-refractivity contribution in [3.8, 4) is 11.8 Å². The van der Waals surface area contributed by atoms with Crippen molar-refractivity contribution in [3.05, 3.63) is 21.9 Å². The van der Waals surface area contributed by atoms with E-state index >= 15 is 0 Å². The highest BCUT2D eigenvalue weighted by Gasteiger charge is 2.31. The summed E-state index contributed by atoms with van der Waals surface area (Å²) in [5, 5.41) is 18.6. The molecule has 2 unspecified atom stereocenters. The highest BCUT2D eigenvalue weighted by atomic mass is 32.1. The van der Waals surface area contributed by atoms with E-state index in [-0.39, 0.29) is 12.7 Å². The molecule has 1 saturated heterocycles. The van der Waals surface area contributed by atoms with Crippen LogP contribution in [-0.2, 0) is 6.54 Å². The van der Waals surface area contributed by atoms with E-state index < -0.39 is 0 Å². The predicted molar refractivity (Wildman–Crippen MR) is 86.3 cm³/mol. The van der Waals surface area contributed by atoms with Gasteiger partial charge in [-0.2, -0.15) is 0 Å². The van der Waals surface area contributed by atoms with Crippen LogP contribution in [0.1, 0.15) is 22.6 Å². The van der Waals surface area contributed by atoms with Crippen molar-refractivity contribution in [2.75, 3.05) is 33.8 Å². The van der Waals surface area contributed by atoms with Gasteiger partial charge in [0.15, 0.2) is 0 Å². The zero-order valence-corrected chi connectivity index (χ0v) is 13.6. The van der Waals surface area contributed by atoms with Crippen molar-refractivity contribution in [2.45, 2.75) is 31.5 Å². The van der Waals surface area contributed by atoms with Gasteiger partial charge in [0.25, 0.3) is 0 Å². The van der Waals surface area contributed by atoms with E-state index in [1.807, 2.05) is 6.07 Å². The average molecular weight is 308 g/mol. The Balaban J connectivity index is 1.95. The minimum absolute atomic E-state index is 0.114. The van der Waals surface area contributed by atoms with Crippen LogP contribution in [0.25, 0.3) is 0 Å². The van der Waals surface area contributed by atoms with E-state index in [0.29, 0.717) is 12.5 Å². The minimum atomic E-state index is -0.210. The lowest BCUT2D eigenvalue weighted by molar-refractivity contribution is 0.170. The van der Waals surface area contributed by atoms with Crippen LogP contribution in [0.15, 0.2) is 12.1 Å². The molecular formula is C16H24N2O2S. The van der Waals surface area contributed by atoms with Crippen LogP contribution in [0.4, 0.5) is 0 Å². The van der Waals surface area contributed by atoms with Crippen LogP contribution >= 0.6 is 11.3 Å². The number of likely N-dealkylation sites (tertiary alicyclic amines) is 1. The van der Waals surface area contributed by atoms with Crippen LogP contribution in [0.5, 0.6) is 0 Å². The van der Waals surface area contributed by atoms with Gasteiger partial charge in [0.1, 0.15) is 0 Å². The van der Waals surface area contributed by atoms with Gasteiger partial charge in [-0.15, -0.1) is 11.3 Å². The maximum Gasteiger partial charge on any atom is 0.0771 e. The Morgan fingerprint density at radius 1 is 1.43 bits per heavy atom. The molecule has 0 spiro atoms. The van der Waals surface area contributed by atoms with Gasteiger partial charge in [-0.3, -0.25) is 4.90 Å². The Morgan fingerprint density at radius 3 is 2.95 bits per heavy atom. The molecule has 0 aromatic carbocycles. The molecule has 1 aliphatic heterocycles. The molecule has 2 heterocycles. The number of likely N-dealkylation sites (N-methyl/N-ethyl adjacent to an activating group) is 1. The number of rotatable bonds is 5. The summed E-state index contributed by atoms with van der Waals surface area (Å²) >= 11 is 1.70. The van der Waals surface area contributed by atoms with Crippen molar-refractivity contribution >= 4 is 11.3 Å². The molecule has 1 fully saturated rings. The number of β-amino-alcohol motifs (C(OH)–C–C–N with tert-alkyl or cyclic N) is 1. The van der Waals surface area contributed by atoms with E-state index in [2.05, 4.69) is 41.8 Å². The lowest BCUT2D eigenvalue weighted by Gasteiger charge is -2.26. The Morgan fingerprint density at radius 2 is 2.24 bits per heavy atom. The molecule has 2 rings (SSSR count).